The Hall–Kier alpha value is -2.98. The first-order valence-electron chi connectivity index (χ1n) is 12.5. The maximum absolute atomic E-state index is 13.3. The van der Waals surface area contributed by atoms with Crippen LogP contribution in [0, 0.1) is 5.92 Å². The lowest BCUT2D eigenvalue weighted by atomic mass is 9.95. The van der Waals surface area contributed by atoms with E-state index < -0.39 is 0 Å². The molecule has 4 aliphatic heterocycles. The van der Waals surface area contributed by atoms with Crippen molar-refractivity contribution < 1.29 is 4.79 Å². The van der Waals surface area contributed by atoms with Gasteiger partial charge in [0.15, 0.2) is 10.7 Å². The molecule has 1 aromatic carbocycles. The topological polar surface area (TPSA) is 80.2 Å². The number of anilines is 1. The molecule has 1 atom stereocenters. The predicted molar refractivity (Wildman–Crippen MR) is 143 cm³/mol. The van der Waals surface area contributed by atoms with Gasteiger partial charge in [0.05, 0.1) is 11.9 Å². The lowest BCUT2D eigenvalue weighted by Crippen LogP contribution is -2.44. The molecule has 2 saturated heterocycles. The third kappa shape index (κ3) is 4.84. The van der Waals surface area contributed by atoms with Gasteiger partial charge >= 0.3 is 0 Å². The van der Waals surface area contributed by atoms with Gasteiger partial charge in [0.1, 0.15) is 0 Å². The monoisotopic (exact) mass is 524 g/mol. The molecular formula is C25H29ClN8OS. The number of hydrogen-bond donors (Lipinski definition) is 1. The molecule has 188 valence electrons. The molecule has 0 bridgehead atoms. The van der Waals surface area contributed by atoms with Gasteiger partial charge in [0, 0.05) is 62.6 Å². The Morgan fingerprint density at radius 2 is 1.75 bits per heavy atom. The molecule has 1 N–H and O–H groups in total. The van der Waals surface area contributed by atoms with Crippen LogP contribution in [0.4, 0.5) is 5.95 Å². The Morgan fingerprint density at radius 3 is 2.50 bits per heavy atom. The number of likely N-dealkylation sites (tertiary alicyclic amines) is 1. The fourth-order valence-corrected chi connectivity index (χ4v) is 6.32. The van der Waals surface area contributed by atoms with E-state index in [0.29, 0.717) is 5.91 Å². The standard InChI is InChI=1S/C25H29ClN8OS/c26-20-5-3-18(4-6-20)21-17-34-24(29-21)36-25(30-34)33-13-7-19(8-14-33)22(35)31-11-2-12-32(16-15-31)23-27-9-1-10-28-23/h1,3-6,9-10,17,19,24,29H,2,7-8,11-16H2. The SMILES string of the molecule is O=C(C1CCN(C2=NN3C=C(c4ccc(Cl)cc4)NC3S2)CC1)N1CCCN(c2ncccn2)CC1. The quantitative estimate of drug-likeness (QED) is 0.656. The second kappa shape index (κ2) is 10.2. The average Bonchev–Trinajstić information content (AvgIpc) is 3.40. The van der Waals surface area contributed by atoms with Gasteiger partial charge in [0.25, 0.3) is 0 Å². The van der Waals surface area contributed by atoms with Crippen LogP contribution >= 0.6 is 23.4 Å². The highest BCUT2D eigenvalue weighted by molar-refractivity contribution is 8.14. The third-order valence-corrected chi connectivity index (χ3v) is 8.47. The number of hydrazone groups is 1. The smallest absolute Gasteiger partial charge is 0.225 e. The summed E-state index contributed by atoms with van der Waals surface area (Å²) in [6.07, 6.45) is 8.26. The number of hydrogen-bond acceptors (Lipinski definition) is 9. The molecule has 4 aliphatic rings. The Bertz CT molecular complexity index is 1150. The summed E-state index contributed by atoms with van der Waals surface area (Å²) in [5.74, 6) is 1.13. The molecule has 36 heavy (non-hydrogen) atoms. The zero-order valence-corrected chi connectivity index (χ0v) is 21.5. The fourth-order valence-electron chi connectivity index (χ4n) is 5.12. The Kier molecular flexibility index (Phi) is 6.62. The number of amidine groups is 1. The van der Waals surface area contributed by atoms with Crippen LogP contribution in [0.3, 0.4) is 0 Å². The van der Waals surface area contributed by atoms with Crippen LogP contribution in [0.5, 0.6) is 0 Å². The molecule has 1 amide bonds. The van der Waals surface area contributed by atoms with Crippen molar-refractivity contribution in [2.75, 3.05) is 44.2 Å². The number of piperidine rings is 1. The van der Waals surface area contributed by atoms with E-state index in [4.69, 9.17) is 16.7 Å². The highest BCUT2D eigenvalue weighted by atomic mass is 35.5. The highest BCUT2D eigenvalue weighted by Gasteiger charge is 2.37. The zero-order chi connectivity index (χ0) is 24.5. The van der Waals surface area contributed by atoms with Crippen LogP contribution in [0.25, 0.3) is 5.70 Å². The van der Waals surface area contributed by atoms with Gasteiger partial charge in [-0.25, -0.2) is 15.0 Å². The Morgan fingerprint density at radius 1 is 0.972 bits per heavy atom. The van der Waals surface area contributed by atoms with Gasteiger partial charge in [-0.2, -0.15) is 0 Å². The molecule has 1 unspecified atom stereocenters. The van der Waals surface area contributed by atoms with E-state index >= 15 is 0 Å². The molecule has 1 aromatic heterocycles. The summed E-state index contributed by atoms with van der Waals surface area (Å²) in [5, 5.41) is 12.1. The van der Waals surface area contributed by atoms with E-state index in [0.717, 1.165) is 85.9 Å². The van der Waals surface area contributed by atoms with E-state index in [2.05, 4.69) is 25.1 Å². The van der Waals surface area contributed by atoms with Crippen LogP contribution in [0.2, 0.25) is 5.02 Å². The molecule has 0 radical (unpaired) electrons. The van der Waals surface area contributed by atoms with Crippen molar-refractivity contribution in [3.05, 3.63) is 59.5 Å². The second-order valence-electron chi connectivity index (χ2n) is 9.40. The number of amides is 1. The first-order valence-corrected chi connectivity index (χ1v) is 13.7. The van der Waals surface area contributed by atoms with Crippen molar-refractivity contribution >= 4 is 46.1 Å². The van der Waals surface area contributed by atoms with E-state index in [1.807, 2.05) is 46.4 Å². The summed E-state index contributed by atoms with van der Waals surface area (Å²) in [4.78, 5) is 28.6. The first kappa shape index (κ1) is 23.4. The molecule has 6 rings (SSSR count). The van der Waals surface area contributed by atoms with Crippen LogP contribution in [-0.2, 0) is 4.79 Å². The minimum absolute atomic E-state index is 0.0682. The number of fused-ring (bicyclic) bond motifs is 1. The maximum atomic E-state index is 13.3. The van der Waals surface area contributed by atoms with Crippen LogP contribution in [0.15, 0.2) is 54.0 Å². The van der Waals surface area contributed by atoms with Crippen LogP contribution in [-0.4, -0.2) is 80.6 Å². The van der Waals surface area contributed by atoms with Crippen molar-refractivity contribution in [3.63, 3.8) is 0 Å². The number of nitrogens with zero attached hydrogens (tertiary/aromatic N) is 7. The van der Waals surface area contributed by atoms with Gasteiger partial charge in [-0.3, -0.25) is 4.79 Å². The van der Waals surface area contributed by atoms with Crippen molar-refractivity contribution in [2.24, 2.45) is 11.0 Å². The summed E-state index contributed by atoms with van der Waals surface area (Å²) >= 11 is 7.75. The minimum Gasteiger partial charge on any atom is -0.353 e. The van der Waals surface area contributed by atoms with E-state index in [9.17, 15) is 4.79 Å². The molecule has 5 heterocycles. The number of benzene rings is 1. The largest absolute Gasteiger partial charge is 0.353 e. The summed E-state index contributed by atoms with van der Waals surface area (Å²) in [6.45, 7) is 4.89. The first-order chi connectivity index (χ1) is 17.6. The molecule has 0 saturated carbocycles. The highest BCUT2D eigenvalue weighted by Crippen LogP contribution is 2.35. The van der Waals surface area contributed by atoms with Crippen molar-refractivity contribution in [1.82, 2.24) is 30.1 Å². The second-order valence-corrected chi connectivity index (χ2v) is 10.9. The lowest BCUT2D eigenvalue weighted by Gasteiger charge is -2.34. The summed E-state index contributed by atoms with van der Waals surface area (Å²) in [6, 6.07) is 9.65. The predicted octanol–water partition coefficient (Wildman–Crippen LogP) is 3.09. The van der Waals surface area contributed by atoms with Gasteiger partial charge in [-0.1, -0.05) is 23.7 Å². The Labute approximate surface area is 220 Å². The number of thioether (sulfide) groups is 1. The molecule has 2 fully saturated rings. The van der Waals surface area contributed by atoms with E-state index in [-0.39, 0.29) is 11.4 Å². The van der Waals surface area contributed by atoms with Gasteiger partial charge in [0.2, 0.25) is 11.9 Å². The average molecular weight is 525 g/mol. The number of rotatable bonds is 3. The molecule has 11 heteroatoms. The van der Waals surface area contributed by atoms with Gasteiger partial charge in [-0.05, 0) is 54.8 Å². The molecule has 2 aromatic rings. The number of nitrogens with one attached hydrogen (secondary N) is 1. The molecule has 0 spiro atoms. The minimum atomic E-state index is 0.0682. The third-order valence-electron chi connectivity index (χ3n) is 7.11. The van der Waals surface area contributed by atoms with Gasteiger partial charge in [-0.15, -0.1) is 5.10 Å². The number of carbonyl (C=O) groups is 1. The molecule has 9 nitrogen and oxygen atoms in total. The molecular weight excluding hydrogens is 496 g/mol. The summed E-state index contributed by atoms with van der Waals surface area (Å²) in [7, 11) is 0. The number of aromatic nitrogens is 2. The normalized spacial score (nSPS) is 22.6. The zero-order valence-electron chi connectivity index (χ0n) is 20.0. The Balaban J connectivity index is 1.02. The van der Waals surface area contributed by atoms with Crippen LogP contribution < -0.4 is 10.2 Å². The van der Waals surface area contributed by atoms with Crippen LogP contribution in [0.1, 0.15) is 24.8 Å². The number of carbonyl (C=O) groups excluding carboxylic acids is 1. The number of halogens is 1. The maximum Gasteiger partial charge on any atom is 0.225 e. The summed E-state index contributed by atoms with van der Waals surface area (Å²) < 4.78 is 0. The van der Waals surface area contributed by atoms with E-state index in [1.165, 1.54) is 0 Å². The lowest BCUT2D eigenvalue weighted by molar-refractivity contribution is -0.136. The van der Waals surface area contributed by atoms with Crippen molar-refractivity contribution in [3.8, 4) is 0 Å². The van der Waals surface area contributed by atoms with Gasteiger partial charge < -0.3 is 20.0 Å². The summed E-state index contributed by atoms with van der Waals surface area (Å²) in [5.41, 5.74) is 2.21. The van der Waals surface area contributed by atoms with Crippen molar-refractivity contribution in [1.29, 1.82) is 0 Å². The fraction of sp³-hybridized carbons (Fsp3) is 0.440. The molecule has 0 aliphatic carbocycles. The van der Waals surface area contributed by atoms with Crippen molar-refractivity contribution in [2.45, 2.75) is 24.8 Å². The van der Waals surface area contributed by atoms with E-state index in [1.54, 1.807) is 24.2 Å².